The highest BCUT2D eigenvalue weighted by Gasteiger charge is 2.38. The highest BCUT2D eigenvalue weighted by atomic mass is 35.5. The van der Waals surface area contributed by atoms with Gasteiger partial charge in [-0.25, -0.2) is 4.68 Å². The third-order valence-corrected chi connectivity index (χ3v) is 4.31. The molecule has 1 N–H and O–H groups in total. The fourth-order valence-corrected chi connectivity index (χ4v) is 3.25. The summed E-state index contributed by atoms with van der Waals surface area (Å²) in [6, 6.07) is 7.51. The molecule has 1 fully saturated rings. The molecular weight excluding hydrogens is 274 g/mol. The molecule has 1 atom stereocenters. The first-order chi connectivity index (χ1) is 9.74. The summed E-state index contributed by atoms with van der Waals surface area (Å²) < 4.78 is 1.79. The SMILES string of the molecule is OC1(C(C=CCl)n2nnc3ccccc32)CCCCC1. The van der Waals surface area contributed by atoms with Gasteiger partial charge >= 0.3 is 0 Å². The molecule has 2 aromatic rings. The van der Waals surface area contributed by atoms with Crippen molar-refractivity contribution in [3.8, 4) is 0 Å². The summed E-state index contributed by atoms with van der Waals surface area (Å²) >= 11 is 5.79. The van der Waals surface area contributed by atoms with Gasteiger partial charge in [-0.05, 0) is 31.1 Å². The Morgan fingerprint density at radius 1 is 1.25 bits per heavy atom. The number of hydrogen-bond donors (Lipinski definition) is 1. The Balaban J connectivity index is 2.06. The lowest BCUT2D eigenvalue weighted by Gasteiger charge is -2.37. The molecule has 0 amide bonds. The zero-order chi connectivity index (χ0) is 14.0. The van der Waals surface area contributed by atoms with E-state index >= 15 is 0 Å². The molecule has 1 unspecified atom stereocenters. The van der Waals surface area contributed by atoms with Crippen molar-refractivity contribution in [2.24, 2.45) is 0 Å². The van der Waals surface area contributed by atoms with Crippen LogP contribution in [0.5, 0.6) is 0 Å². The average Bonchev–Trinajstić information content (AvgIpc) is 2.89. The quantitative estimate of drug-likeness (QED) is 0.943. The Kier molecular flexibility index (Phi) is 3.76. The molecule has 3 rings (SSSR count). The molecule has 0 spiro atoms. The van der Waals surface area contributed by atoms with E-state index in [1.165, 1.54) is 12.0 Å². The molecule has 106 valence electrons. The van der Waals surface area contributed by atoms with Gasteiger partial charge in [0.2, 0.25) is 0 Å². The standard InChI is InChI=1S/C15H18ClN3O/c16-11-8-14(15(20)9-4-1-5-10-15)19-13-7-3-2-6-12(13)17-18-19/h2-3,6-8,11,14,20H,1,4-5,9-10H2. The van der Waals surface area contributed by atoms with Gasteiger partial charge in [-0.2, -0.15) is 0 Å². The zero-order valence-electron chi connectivity index (χ0n) is 11.2. The van der Waals surface area contributed by atoms with Crippen LogP contribution in [0.2, 0.25) is 0 Å². The van der Waals surface area contributed by atoms with Crippen molar-refractivity contribution in [2.45, 2.75) is 43.7 Å². The predicted octanol–water partition coefficient (Wildman–Crippen LogP) is 3.42. The van der Waals surface area contributed by atoms with Crippen LogP contribution in [0.3, 0.4) is 0 Å². The highest BCUT2D eigenvalue weighted by Crippen LogP contribution is 2.38. The number of hydrogen-bond acceptors (Lipinski definition) is 3. The number of aromatic nitrogens is 3. The lowest BCUT2D eigenvalue weighted by Crippen LogP contribution is -2.40. The van der Waals surface area contributed by atoms with Crippen LogP contribution in [-0.2, 0) is 0 Å². The van der Waals surface area contributed by atoms with Crippen LogP contribution in [0.15, 0.2) is 35.9 Å². The molecule has 1 aliphatic rings. The van der Waals surface area contributed by atoms with Crippen molar-refractivity contribution < 1.29 is 5.11 Å². The van der Waals surface area contributed by atoms with E-state index in [0.717, 1.165) is 36.7 Å². The second kappa shape index (κ2) is 5.54. The molecule has 0 radical (unpaired) electrons. The molecule has 0 aliphatic heterocycles. The topological polar surface area (TPSA) is 50.9 Å². The van der Waals surface area contributed by atoms with Crippen molar-refractivity contribution in [1.82, 2.24) is 15.0 Å². The molecule has 5 heteroatoms. The monoisotopic (exact) mass is 291 g/mol. The van der Waals surface area contributed by atoms with Gasteiger partial charge in [0.25, 0.3) is 0 Å². The van der Waals surface area contributed by atoms with E-state index in [0.29, 0.717) is 0 Å². The minimum atomic E-state index is -0.792. The summed E-state index contributed by atoms with van der Waals surface area (Å²) in [5.41, 5.74) is 2.43. The first-order valence-corrected chi connectivity index (χ1v) is 7.47. The minimum Gasteiger partial charge on any atom is -0.387 e. The highest BCUT2D eigenvalue weighted by molar-refractivity contribution is 6.25. The first kappa shape index (κ1) is 13.6. The van der Waals surface area contributed by atoms with Gasteiger partial charge in [0.15, 0.2) is 0 Å². The smallest absolute Gasteiger partial charge is 0.113 e. The van der Waals surface area contributed by atoms with Gasteiger partial charge in [0.1, 0.15) is 11.6 Å². The van der Waals surface area contributed by atoms with Gasteiger partial charge in [-0.1, -0.05) is 48.2 Å². The van der Waals surface area contributed by atoms with Crippen molar-refractivity contribution in [1.29, 1.82) is 0 Å². The first-order valence-electron chi connectivity index (χ1n) is 7.04. The van der Waals surface area contributed by atoms with E-state index in [4.69, 9.17) is 11.6 Å². The molecule has 1 aliphatic carbocycles. The zero-order valence-corrected chi connectivity index (χ0v) is 12.0. The molecule has 1 aromatic carbocycles. The minimum absolute atomic E-state index is 0.271. The summed E-state index contributed by atoms with van der Waals surface area (Å²) in [5, 5.41) is 19.4. The maximum atomic E-state index is 11.0. The molecule has 20 heavy (non-hydrogen) atoms. The molecule has 4 nitrogen and oxygen atoms in total. The lowest BCUT2D eigenvalue weighted by molar-refractivity contribution is -0.0304. The lowest BCUT2D eigenvalue weighted by atomic mass is 9.79. The van der Waals surface area contributed by atoms with Gasteiger partial charge in [-0.3, -0.25) is 0 Å². The van der Waals surface area contributed by atoms with E-state index in [-0.39, 0.29) is 6.04 Å². The fourth-order valence-electron chi connectivity index (χ4n) is 3.11. The second-order valence-electron chi connectivity index (χ2n) is 5.45. The fraction of sp³-hybridized carbons (Fsp3) is 0.467. The van der Waals surface area contributed by atoms with Gasteiger partial charge in [0, 0.05) is 5.54 Å². The number of rotatable bonds is 3. The summed E-state index contributed by atoms with van der Waals surface area (Å²) in [4.78, 5) is 0. The van der Waals surface area contributed by atoms with Crippen molar-refractivity contribution in [2.75, 3.05) is 0 Å². The maximum Gasteiger partial charge on any atom is 0.113 e. The molecule has 1 saturated carbocycles. The Morgan fingerprint density at radius 3 is 2.75 bits per heavy atom. The van der Waals surface area contributed by atoms with Crippen LogP contribution in [-0.4, -0.2) is 25.7 Å². The normalized spacial score (nSPS) is 20.5. The number of nitrogens with zero attached hydrogens (tertiary/aromatic N) is 3. The molecule has 1 aromatic heterocycles. The van der Waals surface area contributed by atoms with E-state index in [1.54, 1.807) is 4.68 Å². The van der Waals surface area contributed by atoms with Crippen LogP contribution >= 0.6 is 11.6 Å². The van der Waals surface area contributed by atoms with Gasteiger partial charge < -0.3 is 5.11 Å². The van der Waals surface area contributed by atoms with Crippen molar-refractivity contribution in [3.63, 3.8) is 0 Å². The van der Waals surface area contributed by atoms with E-state index in [9.17, 15) is 5.11 Å². The number of benzene rings is 1. The van der Waals surface area contributed by atoms with Crippen LogP contribution in [0, 0.1) is 0 Å². The Morgan fingerprint density at radius 2 is 2.00 bits per heavy atom. The number of halogens is 1. The Hall–Kier alpha value is -1.39. The van der Waals surface area contributed by atoms with E-state index in [1.807, 2.05) is 30.3 Å². The number of aliphatic hydroxyl groups is 1. The van der Waals surface area contributed by atoms with Crippen LogP contribution in [0.1, 0.15) is 38.1 Å². The predicted molar refractivity (Wildman–Crippen MR) is 79.6 cm³/mol. The average molecular weight is 292 g/mol. The second-order valence-corrected chi connectivity index (χ2v) is 5.70. The third kappa shape index (κ3) is 2.34. The molecule has 1 heterocycles. The van der Waals surface area contributed by atoms with Crippen molar-refractivity contribution in [3.05, 3.63) is 35.9 Å². The summed E-state index contributed by atoms with van der Waals surface area (Å²) in [6.45, 7) is 0. The summed E-state index contributed by atoms with van der Waals surface area (Å²) in [7, 11) is 0. The van der Waals surface area contributed by atoms with Crippen LogP contribution in [0.25, 0.3) is 11.0 Å². The molecule has 0 bridgehead atoms. The Labute approximate surface area is 123 Å². The van der Waals surface area contributed by atoms with Crippen LogP contribution < -0.4 is 0 Å². The largest absolute Gasteiger partial charge is 0.387 e. The van der Waals surface area contributed by atoms with Gasteiger partial charge in [0.05, 0.1) is 11.1 Å². The van der Waals surface area contributed by atoms with Crippen LogP contribution in [0.4, 0.5) is 0 Å². The summed E-state index contributed by atoms with van der Waals surface area (Å²) in [5.74, 6) is 0. The van der Waals surface area contributed by atoms with E-state index in [2.05, 4.69) is 10.3 Å². The third-order valence-electron chi connectivity index (χ3n) is 4.17. The number of para-hydroxylation sites is 1. The molecular formula is C15H18ClN3O. The van der Waals surface area contributed by atoms with E-state index < -0.39 is 5.60 Å². The summed E-state index contributed by atoms with van der Waals surface area (Å²) in [6.07, 6.45) is 6.61. The Bertz CT molecular complexity index is 616. The molecule has 0 saturated heterocycles. The van der Waals surface area contributed by atoms with Gasteiger partial charge in [-0.15, -0.1) is 5.10 Å². The van der Waals surface area contributed by atoms with Crippen molar-refractivity contribution >= 4 is 22.6 Å². The number of fused-ring (bicyclic) bond motifs is 1. The maximum absolute atomic E-state index is 11.0.